The fourth-order valence-corrected chi connectivity index (χ4v) is 2.03. The summed E-state index contributed by atoms with van der Waals surface area (Å²) in [7, 11) is 0. The largest absolute Gasteiger partial charge is 0.492 e. The molecule has 0 spiro atoms. The Kier molecular flexibility index (Phi) is 4.50. The first-order chi connectivity index (χ1) is 9.51. The number of halogens is 2. The number of anilines is 1. The Morgan fingerprint density at radius 2 is 2.25 bits per heavy atom. The van der Waals surface area contributed by atoms with Crippen LogP contribution in [-0.4, -0.2) is 31.2 Å². The van der Waals surface area contributed by atoms with Gasteiger partial charge in [0.1, 0.15) is 12.4 Å². The van der Waals surface area contributed by atoms with Crippen molar-refractivity contribution in [3.05, 3.63) is 37.7 Å². The van der Waals surface area contributed by atoms with E-state index in [4.69, 9.17) is 11.6 Å². The number of nitrogens with one attached hydrogen (secondary N) is 1. The molecule has 0 bridgehead atoms. The summed E-state index contributed by atoms with van der Waals surface area (Å²) in [6, 6.07) is 3.47. The van der Waals surface area contributed by atoms with Crippen molar-refractivity contribution in [2.75, 3.05) is 11.9 Å². The topological polar surface area (TPSA) is 98.8 Å². The number of nitro groups is 1. The van der Waals surface area contributed by atoms with E-state index in [0.717, 1.165) is 6.54 Å². The first-order valence-corrected chi connectivity index (χ1v) is 6.82. The van der Waals surface area contributed by atoms with Crippen molar-refractivity contribution < 1.29 is 4.92 Å². The molecule has 2 aromatic heterocycles. The van der Waals surface area contributed by atoms with Crippen LogP contribution in [0.1, 0.15) is 12.6 Å². The third-order valence-corrected chi connectivity index (χ3v) is 3.29. The van der Waals surface area contributed by atoms with E-state index < -0.39 is 10.9 Å². The number of pyridine rings is 1. The second-order valence-electron chi connectivity index (χ2n) is 3.75. The molecule has 106 valence electrons. The number of aromatic nitrogens is 4. The Hall–Kier alpha value is -1.74. The third-order valence-electron chi connectivity index (χ3n) is 2.35. The van der Waals surface area contributed by atoms with Gasteiger partial charge in [-0.15, -0.1) is 0 Å². The van der Waals surface area contributed by atoms with Gasteiger partial charge in [-0.2, -0.15) is 4.68 Å². The number of nitrogens with zero attached hydrogens (tertiary/aromatic N) is 5. The highest BCUT2D eigenvalue weighted by Gasteiger charge is 2.20. The predicted octanol–water partition coefficient (Wildman–Crippen LogP) is 2.48. The molecule has 1 N–H and O–H groups in total. The van der Waals surface area contributed by atoms with Crippen molar-refractivity contribution in [1.82, 2.24) is 19.7 Å². The number of rotatable bonds is 5. The van der Waals surface area contributed by atoms with Crippen LogP contribution in [-0.2, 0) is 6.54 Å². The minimum Gasteiger partial charge on any atom is -0.390 e. The zero-order valence-corrected chi connectivity index (χ0v) is 12.7. The SMILES string of the molecule is CCNc1ccc(Cl)c(Cn2nc([N+](=O)[O-])nc2Br)n1. The smallest absolute Gasteiger partial charge is 0.390 e. The van der Waals surface area contributed by atoms with E-state index in [1.807, 2.05) is 6.92 Å². The normalized spacial score (nSPS) is 10.6. The maximum atomic E-state index is 10.6. The van der Waals surface area contributed by atoms with Gasteiger partial charge >= 0.3 is 5.95 Å². The lowest BCUT2D eigenvalue weighted by Crippen LogP contribution is -2.07. The lowest BCUT2D eigenvalue weighted by atomic mass is 10.3. The van der Waals surface area contributed by atoms with Gasteiger partial charge in [0, 0.05) is 27.6 Å². The van der Waals surface area contributed by atoms with E-state index >= 15 is 0 Å². The van der Waals surface area contributed by atoms with Gasteiger partial charge in [0.25, 0.3) is 4.73 Å². The standard InChI is InChI=1S/C10H10BrClN6O2/c1-2-13-8-4-3-6(12)7(14-8)5-17-9(11)15-10(16-17)18(19)20/h3-4H,2,5H2,1H3,(H,13,14). The highest BCUT2D eigenvalue weighted by Crippen LogP contribution is 2.20. The summed E-state index contributed by atoms with van der Waals surface area (Å²) in [6.45, 7) is 2.86. The van der Waals surface area contributed by atoms with E-state index in [-0.39, 0.29) is 11.3 Å². The summed E-state index contributed by atoms with van der Waals surface area (Å²) in [4.78, 5) is 18.0. The molecule has 0 saturated heterocycles. The van der Waals surface area contributed by atoms with Crippen molar-refractivity contribution in [1.29, 1.82) is 0 Å². The van der Waals surface area contributed by atoms with E-state index in [1.54, 1.807) is 12.1 Å². The van der Waals surface area contributed by atoms with Gasteiger partial charge in [0.05, 0.1) is 10.7 Å². The molecule has 0 unspecified atom stereocenters. The van der Waals surface area contributed by atoms with Crippen LogP contribution < -0.4 is 5.32 Å². The number of hydrogen-bond donors (Lipinski definition) is 1. The molecule has 0 aliphatic carbocycles. The lowest BCUT2D eigenvalue weighted by Gasteiger charge is -2.06. The van der Waals surface area contributed by atoms with Gasteiger partial charge in [-0.05, 0) is 29.0 Å². The van der Waals surface area contributed by atoms with Gasteiger partial charge in [-0.25, -0.2) is 4.98 Å². The van der Waals surface area contributed by atoms with Crippen molar-refractivity contribution in [3.63, 3.8) is 0 Å². The summed E-state index contributed by atoms with van der Waals surface area (Å²) < 4.78 is 1.57. The van der Waals surface area contributed by atoms with Crippen molar-refractivity contribution in [3.8, 4) is 0 Å². The third kappa shape index (κ3) is 3.23. The van der Waals surface area contributed by atoms with Crippen LogP contribution in [0.5, 0.6) is 0 Å². The van der Waals surface area contributed by atoms with E-state index in [2.05, 4.69) is 36.3 Å². The Morgan fingerprint density at radius 1 is 1.50 bits per heavy atom. The maximum Gasteiger partial charge on any atom is 0.492 e. The van der Waals surface area contributed by atoms with Crippen LogP contribution in [0.4, 0.5) is 11.8 Å². The molecule has 0 amide bonds. The van der Waals surface area contributed by atoms with Gasteiger partial charge < -0.3 is 15.4 Å². The zero-order valence-electron chi connectivity index (χ0n) is 10.4. The van der Waals surface area contributed by atoms with Crippen LogP contribution >= 0.6 is 27.5 Å². The minimum atomic E-state index is -0.661. The number of hydrogen-bond acceptors (Lipinski definition) is 6. The zero-order chi connectivity index (χ0) is 14.7. The molecule has 20 heavy (non-hydrogen) atoms. The molecule has 0 atom stereocenters. The molecule has 2 aromatic rings. The molecule has 0 aliphatic rings. The fraction of sp³-hybridized carbons (Fsp3) is 0.300. The van der Waals surface area contributed by atoms with E-state index in [9.17, 15) is 10.1 Å². The average molecular weight is 362 g/mol. The van der Waals surface area contributed by atoms with Gasteiger partial charge in [0.2, 0.25) is 0 Å². The molecule has 0 fully saturated rings. The van der Waals surface area contributed by atoms with Crippen LogP contribution in [0.15, 0.2) is 16.9 Å². The summed E-state index contributed by atoms with van der Waals surface area (Å²) in [5, 5.41) is 17.9. The quantitative estimate of drug-likeness (QED) is 0.649. The Labute approximate surface area is 127 Å². The highest BCUT2D eigenvalue weighted by molar-refractivity contribution is 9.10. The average Bonchev–Trinajstić information content (AvgIpc) is 2.76. The van der Waals surface area contributed by atoms with E-state index in [0.29, 0.717) is 16.5 Å². The van der Waals surface area contributed by atoms with Crippen molar-refractivity contribution in [2.24, 2.45) is 0 Å². The Bertz CT molecular complexity index is 647. The van der Waals surface area contributed by atoms with Gasteiger partial charge in [-0.1, -0.05) is 11.6 Å². The molecule has 2 rings (SSSR count). The molecule has 2 heterocycles. The van der Waals surface area contributed by atoms with Crippen LogP contribution in [0.2, 0.25) is 5.02 Å². The Morgan fingerprint density at radius 3 is 2.85 bits per heavy atom. The lowest BCUT2D eigenvalue weighted by molar-refractivity contribution is -0.394. The second kappa shape index (κ2) is 6.14. The molecule has 0 aliphatic heterocycles. The van der Waals surface area contributed by atoms with Crippen LogP contribution in [0.25, 0.3) is 0 Å². The monoisotopic (exact) mass is 360 g/mol. The minimum absolute atomic E-state index is 0.180. The van der Waals surface area contributed by atoms with E-state index in [1.165, 1.54) is 4.68 Å². The van der Waals surface area contributed by atoms with Gasteiger partial charge in [0.15, 0.2) is 0 Å². The first kappa shape index (κ1) is 14.7. The van der Waals surface area contributed by atoms with Crippen LogP contribution in [0.3, 0.4) is 0 Å². The molecule has 0 radical (unpaired) electrons. The van der Waals surface area contributed by atoms with Crippen molar-refractivity contribution in [2.45, 2.75) is 13.5 Å². The van der Waals surface area contributed by atoms with Gasteiger partial charge in [-0.3, -0.25) is 0 Å². The first-order valence-electron chi connectivity index (χ1n) is 5.65. The molecular formula is C10H10BrClN6O2. The molecular weight excluding hydrogens is 352 g/mol. The maximum absolute atomic E-state index is 10.6. The summed E-state index contributed by atoms with van der Waals surface area (Å²) in [5.41, 5.74) is 0.547. The summed E-state index contributed by atoms with van der Waals surface area (Å²) >= 11 is 9.18. The summed E-state index contributed by atoms with van der Waals surface area (Å²) in [5.74, 6) is 0.202. The summed E-state index contributed by atoms with van der Waals surface area (Å²) in [6.07, 6.45) is 0. The molecule has 8 nitrogen and oxygen atoms in total. The highest BCUT2D eigenvalue weighted by atomic mass is 79.9. The van der Waals surface area contributed by atoms with Crippen LogP contribution in [0, 0.1) is 10.1 Å². The fourth-order valence-electron chi connectivity index (χ4n) is 1.51. The molecule has 0 saturated carbocycles. The molecule has 0 aromatic carbocycles. The Balaban J connectivity index is 2.29. The van der Waals surface area contributed by atoms with Crippen molar-refractivity contribution >= 4 is 39.3 Å². The molecule has 10 heteroatoms. The second-order valence-corrected chi connectivity index (χ2v) is 4.87. The predicted molar refractivity (Wildman–Crippen MR) is 76.9 cm³/mol.